The maximum absolute atomic E-state index is 9.74. The lowest BCUT2D eigenvalue weighted by molar-refractivity contribution is 0.565. The van der Waals surface area contributed by atoms with Crippen molar-refractivity contribution in [3.63, 3.8) is 0 Å². The Bertz CT molecular complexity index is 228. The molecule has 0 aliphatic rings. The van der Waals surface area contributed by atoms with Crippen molar-refractivity contribution in [2.75, 3.05) is 0 Å². The summed E-state index contributed by atoms with van der Waals surface area (Å²) in [6.45, 7) is 6.10. The van der Waals surface area contributed by atoms with Gasteiger partial charge in [0, 0.05) is 6.20 Å². The van der Waals surface area contributed by atoms with E-state index in [9.17, 15) is 4.79 Å². The summed E-state index contributed by atoms with van der Waals surface area (Å²) < 4.78 is 0. The van der Waals surface area contributed by atoms with Gasteiger partial charge in [-0.3, -0.25) is 0 Å². The van der Waals surface area contributed by atoms with Crippen LogP contribution in [0.15, 0.2) is 28.4 Å². The van der Waals surface area contributed by atoms with Crippen molar-refractivity contribution in [3.8, 4) is 0 Å². The second kappa shape index (κ2) is 6.56. The lowest BCUT2D eigenvalue weighted by Gasteiger charge is -1.94. The van der Waals surface area contributed by atoms with Gasteiger partial charge in [-0.25, -0.2) is 4.79 Å². The van der Waals surface area contributed by atoms with Crippen LogP contribution in [0.25, 0.3) is 0 Å². The van der Waals surface area contributed by atoms with E-state index in [1.807, 2.05) is 6.92 Å². The highest BCUT2D eigenvalue weighted by Crippen LogP contribution is 2.05. The summed E-state index contributed by atoms with van der Waals surface area (Å²) in [5.74, 6) is 0. The van der Waals surface area contributed by atoms with E-state index in [1.54, 1.807) is 6.20 Å². The van der Waals surface area contributed by atoms with Crippen LogP contribution >= 0.6 is 0 Å². The molecule has 0 bridgehead atoms. The first-order valence-corrected chi connectivity index (χ1v) is 4.03. The maximum Gasteiger partial charge on any atom is 0.239 e. The SMILES string of the molecule is CC(C)=CCC/C(C)=C/N=C=O. The zero-order valence-electron chi connectivity index (χ0n) is 7.92. The average molecular weight is 165 g/mol. The predicted octanol–water partition coefficient (Wildman–Crippen LogP) is 2.97. The summed E-state index contributed by atoms with van der Waals surface area (Å²) in [5.41, 5.74) is 2.43. The number of hydrogen-bond acceptors (Lipinski definition) is 2. The van der Waals surface area contributed by atoms with Crippen LogP contribution in [0.4, 0.5) is 0 Å². The number of rotatable bonds is 4. The third-order valence-corrected chi connectivity index (χ3v) is 1.43. The summed E-state index contributed by atoms with van der Waals surface area (Å²) in [7, 11) is 0. The van der Waals surface area contributed by atoms with Crippen molar-refractivity contribution in [3.05, 3.63) is 23.4 Å². The summed E-state index contributed by atoms with van der Waals surface area (Å²) in [4.78, 5) is 13.1. The molecule has 0 aromatic rings. The molecule has 0 aromatic heterocycles. The molecule has 0 aliphatic heterocycles. The number of hydrogen-bond donors (Lipinski definition) is 0. The van der Waals surface area contributed by atoms with Gasteiger partial charge in [-0.15, -0.1) is 0 Å². The lowest BCUT2D eigenvalue weighted by atomic mass is 10.1. The largest absolute Gasteiger partial charge is 0.239 e. The topological polar surface area (TPSA) is 29.4 Å². The van der Waals surface area contributed by atoms with Gasteiger partial charge in [-0.1, -0.05) is 17.2 Å². The van der Waals surface area contributed by atoms with E-state index >= 15 is 0 Å². The molecule has 0 fully saturated rings. The van der Waals surface area contributed by atoms with Crippen LogP contribution in [0.1, 0.15) is 33.6 Å². The number of aliphatic imine (C=N–C) groups is 1. The van der Waals surface area contributed by atoms with E-state index in [2.05, 4.69) is 24.9 Å². The molecule has 2 heteroatoms. The van der Waals surface area contributed by atoms with Gasteiger partial charge in [0.2, 0.25) is 6.08 Å². The van der Waals surface area contributed by atoms with Crippen molar-refractivity contribution in [2.24, 2.45) is 4.99 Å². The quantitative estimate of drug-likeness (QED) is 0.358. The van der Waals surface area contributed by atoms with Gasteiger partial charge in [0.15, 0.2) is 0 Å². The molecule has 0 unspecified atom stereocenters. The summed E-state index contributed by atoms with van der Waals surface area (Å²) in [5, 5.41) is 0. The van der Waals surface area contributed by atoms with Crippen LogP contribution in [0, 0.1) is 0 Å². The first-order chi connectivity index (χ1) is 5.66. The Hall–Kier alpha value is -1.14. The fraction of sp³-hybridized carbons (Fsp3) is 0.500. The highest BCUT2D eigenvalue weighted by molar-refractivity contribution is 5.35. The average Bonchev–Trinajstić information content (AvgIpc) is 2.00. The van der Waals surface area contributed by atoms with Crippen LogP contribution < -0.4 is 0 Å². The molecule has 0 N–H and O–H groups in total. The van der Waals surface area contributed by atoms with Crippen LogP contribution in [0.2, 0.25) is 0 Å². The molecular formula is C10H15NO. The second-order valence-electron chi connectivity index (χ2n) is 3.02. The van der Waals surface area contributed by atoms with Crippen molar-refractivity contribution >= 4 is 6.08 Å². The van der Waals surface area contributed by atoms with E-state index < -0.39 is 0 Å². The van der Waals surface area contributed by atoms with Crippen LogP contribution in [0.5, 0.6) is 0 Å². The summed E-state index contributed by atoms with van der Waals surface area (Å²) in [6.07, 6.45) is 7.18. The molecule has 2 nitrogen and oxygen atoms in total. The molecule has 0 saturated carbocycles. The molecule has 0 spiro atoms. The van der Waals surface area contributed by atoms with Crippen molar-refractivity contribution < 1.29 is 4.79 Å². The first-order valence-electron chi connectivity index (χ1n) is 4.03. The van der Waals surface area contributed by atoms with Gasteiger partial charge in [0.1, 0.15) is 0 Å². The van der Waals surface area contributed by atoms with Crippen molar-refractivity contribution in [1.29, 1.82) is 0 Å². The molecule has 0 atom stereocenters. The first kappa shape index (κ1) is 10.9. The summed E-state index contributed by atoms with van der Waals surface area (Å²) >= 11 is 0. The molecule has 0 radical (unpaired) electrons. The van der Waals surface area contributed by atoms with E-state index in [4.69, 9.17) is 0 Å². The van der Waals surface area contributed by atoms with Gasteiger partial charge >= 0.3 is 0 Å². The molecule has 0 aromatic carbocycles. The van der Waals surface area contributed by atoms with E-state index in [0.29, 0.717) is 0 Å². The summed E-state index contributed by atoms with van der Waals surface area (Å²) in [6, 6.07) is 0. The van der Waals surface area contributed by atoms with Gasteiger partial charge in [0.05, 0.1) is 0 Å². The third-order valence-electron chi connectivity index (χ3n) is 1.43. The third kappa shape index (κ3) is 6.97. The van der Waals surface area contributed by atoms with Crippen LogP contribution in [-0.4, -0.2) is 6.08 Å². The molecule has 0 aliphatic carbocycles. The zero-order chi connectivity index (χ0) is 9.40. The van der Waals surface area contributed by atoms with E-state index in [-0.39, 0.29) is 0 Å². The smallest absolute Gasteiger partial charge is 0.211 e. The maximum atomic E-state index is 9.74. The van der Waals surface area contributed by atoms with Crippen molar-refractivity contribution in [2.45, 2.75) is 33.6 Å². The Morgan fingerprint density at radius 1 is 1.42 bits per heavy atom. The predicted molar refractivity (Wildman–Crippen MR) is 50.5 cm³/mol. The molecule has 0 saturated heterocycles. The van der Waals surface area contributed by atoms with Gasteiger partial charge < -0.3 is 0 Å². The highest BCUT2D eigenvalue weighted by atomic mass is 16.1. The molecule has 12 heavy (non-hydrogen) atoms. The minimum atomic E-state index is 0.955. The Labute approximate surface area is 73.7 Å². The van der Waals surface area contributed by atoms with Crippen molar-refractivity contribution in [1.82, 2.24) is 0 Å². The zero-order valence-corrected chi connectivity index (χ0v) is 7.92. The second-order valence-corrected chi connectivity index (χ2v) is 3.02. The van der Waals surface area contributed by atoms with Gasteiger partial charge in [0.25, 0.3) is 0 Å². The van der Waals surface area contributed by atoms with E-state index in [0.717, 1.165) is 18.4 Å². The number of carbonyl (C=O) groups excluding carboxylic acids is 1. The van der Waals surface area contributed by atoms with E-state index in [1.165, 1.54) is 11.7 Å². The van der Waals surface area contributed by atoms with Gasteiger partial charge in [-0.2, -0.15) is 4.99 Å². The minimum Gasteiger partial charge on any atom is -0.211 e. The normalized spacial score (nSPS) is 10.4. The minimum absolute atomic E-state index is 0.955. The number of nitrogens with zero attached hydrogens (tertiary/aromatic N) is 1. The van der Waals surface area contributed by atoms with Gasteiger partial charge in [-0.05, 0) is 33.6 Å². The fourth-order valence-corrected chi connectivity index (χ4v) is 0.790. The Kier molecular flexibility index (Phi) is 5.94. The van der Waals surface area contributed by atoms with Crippen LogP contribution in [-0.2, 0) is 4.79 Å². The molecule has 66 valence electrons. The van der Waals surface area contributed by atoms with Crippen LogP contribution in [0.3, 0.4) is 0 Å². The molecule has 0 amide bonds. The Balaban J connectivity index is 3.78. The monoisotopic (exact) mass is 165 g/mol. The fourth-order valence-electron chi connectivity index (χ4n) is 0.790. The number of isocyanates is 1. The molecule has 0 heterocycles. The number of allylic oxidation sites excluding steroid dienone is 3. The molecule has 0 rings (SSSR count). The molecular weight excluding hydrogens is 150 g/mol. The highest BCUT2D eigenvalue weighted by Gasteiger charge is 1.86. The standard InChI is InChI=1S/C10H15NO/c1-9(2)5-4-6-10(3)7-11-8-12/h5,7H,4,6H2,1-3H3/b10-7+. The Morgan fingerprint density at radius 3 is 2.58 bits per heavy atom. The lowest BCUT2D eigenvalue weighted by Crippen LogP contribution is -1.75. The Morgan fingerprint density at radius 2 is 2.08 bits per heavy atom.